The summed E-state index contributed by atoms with van der Waals surface area (Å²) >= 11 is 0. The minimum atomic E-state index is 0.0680. The van der Waals surface area contributed by atoms with Gasteiger partial charge in [0.1, 0.15) is 11.6 Å². The number of unbranched alkanes of at least 4 members (excludes halogenated alkanes) is 1. The molecule has 1 aromatic heterocycles. The van der Waals surface area contributed by atoms with E-state index in [1.165, 1.54) is 32.5 Å². The molecule has 3 heterocycles. The van der Waals surface area contributed by atoms with Gasteiger partial charge in [0.2, 0.25) is 5.91 Å². The molecule has 7 nitrogen and oxygen atoms in total. The zero-order valence-corrected chi connectivity index (χ0v) is 18.3. The molecule has 3 rings (SSSR count). The van der Waals surface area contributed by atoms with Crippen molar-refractivity contribution in [3.63, 3.8) is 0 Å². The van der Waals surface area contributed by atoms with E-state index in [1.807, 2.05) is 0 Å². The number of piperidine rings is 1. The van der Waals surface area contributed by atoms with Crippen molar-refractivity contribution in [2.24, 2.45) is 11.8 Å². The van der Waals surface area contributed by atoms with Crippen LogP contribution < -0.4 is 15.4 Å². The second-order valence-corrected chi connectivity index (χ2v) is 8.90. The summed E-state index contributed by atoms with van der Waals surface area (Å²) in [5.74, 6) is 2.59. The first kappa shape index (κ1) is 21.8. The van der Waals surface area contributed by atoms with Gasteiger partial charge in [-0.15, -0.1) is 0 Å². The third-order valence-corrected chi connectivity index (χ3v) is 5.94. The zero-order chi connectivity index (χ0) is 20.8. The fourth-order valence-electron chi connectivity index (χ4n) is 4.34. The van der Waals surface area contributed by atoms with Crippen LogP contribution in [0.3, 0.4) is 0 Å². The number of fused-ring (bicyclic) bond motifs is 1. The quantitative estimate of drug-likeness (QED) is 0.604. The van der Waals surface area contributed by atoms with E-state index in [1.54, 1.807) is 4.90 Å². The maximum absolute atomic E-state index is 12.5. The summed E-state index contributed by atoms with van der Waals surface area (Å²) in [4.78, 5) is 25.6. The average molecular weight is 404 g/mol. The molecule has 7 heteroatoms. The molecule has 1 amide bonds. The Hall–Kier alpha value is -1.89. The van der Waals surface area contributed by atoms with Crippen LogP contribution in [0.15, 0.2) is 0 Å². The molecule has 0 atom stereocenters. The molecule has 162 valence electrons. The van der Waals surface area contributed by atoms with Gasteiger partial charge in [-0.2, -0.15) is 9.97 Å². The molecule has 2 aliphatic rings. The van der Waals surface area contributed by atoms with Crippen molar-refractivity contribution in [3.8, 4) is 6.01 Å². The van der Waals surface area contributed by atoms with E-state index >= 15 is 0 Å². The Labute approximate surface area is 175 Å². The van der Waals surface area contributed by atoms with E-state index in [-0.39, 0.29) is 11.9 Å². The lowest BCUT2D eigenvalue weighted by Gasteiger charge is -2.33. The molecule has 2 aliphatic heterocycles. The highest BCUT2D eigenvalue weighted by Crippen LogP contribution is 2.33. The van der Waals surface area contributed by atoms with Crippen LogP contribution in [0.2, 0.25) is 0 Å². The minimum Gasteiger partial charge on any atom is -0.463 e. The van der Waals surface area contributed by atoms with E-state index in [0.717, 1.165) is 43.1 Å². The Morgan fingerprint density at radius 2 is 1.97 bits per heavy atom. The van der Waals surface area contributed by atoms with Crippen LogP contribution in [0, 0.1) is 11.8 Å². The number of rotatable bonds is 10. The van der Waals surface area contributed by atoms with Crippen molar-refractivity contribution in [1.82, 2.24) is 14.9 Å². The molecule has 0 saturated carbocycles. The third-order valence-electron chi connectivity index (χ3n) is 5.94. The standard InChI is InChI=1S/C22H37N5O2/c1-4-5-13-29-22-24-20(23)18-14-19(28)27(21(18)25-22)10-6-7-17-8-11-26(12-9-17)15-16(2)3/h16-17H,4-15H2,1-3H3,(H2,23,24,25). The number of nitrogens with zero attached hydrogens (tertiary/aromatic N) is 4. The Bertz CT molecular complexity index is 686. The van der Waals surface area contributed by atoms with Gasteiger partial charge in [-0.1, -0.05) is 27.2 Å². The van der Waals surface area contributed by atoms with Crippen molar-refractivity contribution in [3.05, 3.63) is 5.56 Å². The molecule has 1 aromatic rings. The van der Waals surface area contributed by atoms with E-state index < -0.39 is 0 Å². The van der Waals surface area contributed by atoms with Gasteiger partial charge in [0.15, 0.2) is 0 Å². The summed E-state index contributed by atoms with van der Waals surface area (Å²) in [6.45, 7) is 11.6. The van der Waals surface area contributed by atoms with Crippen LogP contribution in [-0.2, 0) is 11.2 Å². The smallest absolute Gasteiger partial charge is 0.320 e. The Morgan fingerprint density at radius 1 is 1.21 bits per heavy atom. The van der Waals surface area contributed by atoms with Gasteiger partial charge in [-0.05, 0) is 57.0 Å². The molecule has 29 heavy (non-hydrogen) atoms. The number of carbonyl (C=O) groups excluding carboxylic acids is 1. The van der Waals surface area contributed by atoms with Crippen LogP contribution in [0.1, 0.15) is 64.9 Å². The fourth-order valence-corrected chi connectivity index (χ4v) is 4.34. The fraction of sp³-hybridized carbons (Fsp3) is 0.773. The summed E-state index contributed by atoms with van der Waals surface area (Å²) in [5, 5.41) is 0. The number of nitrogen functional groups attached to an aromatic ring is 1. The summed E-state index contributed by atoms with van der Waals surface area (Å²) in [7, 11) is 0. The van der Waals surface area contributed by atoms with Crippen LogP contribution in [0.5, 0.6) is 6.01 Å². The number of carbonyl (C=O) groups is 1. The molecule has 0 radical (unpaired) electrons. The first-order valence-electron chi connectivity index (χ1n) is 11.3. The van der Waals surface area contributed by atoms with Gasteiger partial charge in [0.05, 0.1) is 13.0 Å². The Kier molecular flexibility index (Phi) is 7.70. The first-order chi connectivity index (χ1) is 14.0. The summed E-state index contributed by atoms with van der Waals surface area (Å²) in [6.07, 6.45) is 6.97. The number of hydrogen-bond acceptors (Lipinski definition) is 6. The molecule has 0 unspecified atom stereocenters. The second-order valence-electron chi connectivity index (χ2n) is 8.90. The molecule has 0 aliphatic carbocycles. The van der Waals surface area contributed by atoms with Crippen molar-refractivity contribution < 1.29 is 9.53 Å². The van der Waals surface area contributed by atoms with Crippen molar-refractivity contribution >= 4 is 17.5 Å². The Balaban J connectivity index is 1.51. The maximum Gasteiger partial charge on any atom is 0.320 e. The normalized spacial score (nSPS) is 17.9. The minimum absolute atomic E-state index is 0.0680. The molecule has 2 N–H and O–H groups in total. The van der Waals surface area contributed by atoms with Gasteiger partial charge >= 0.3 is 6.01 Å². The van der Waals surface area contributed by atoms with Crippen molar-refractivity contribution in [1.29, 1.82) is 0 Å². The maximum atomic E-state index is 12.5. The number of anilines is 2. The summed E-state index contributed by atoms with van der Waals surface area (Å²) in [5.41, 5.74) is 6.83. The van der Waals surface area contributed by atoms with Gasteiger partial charge in [0, 0.05) is 18.7 Å². The number of nitrogens with two attached hydrogens (primary N) is 1. The van der Waals surface area contributed by atoms with Gasteiger partial charge in [0.25, 0.3) is 0 Å². The molecule has 0 aromatic carbocycles. The highest BCUT2D eigenvalue weighted by Gasteiger charge is 2.32. The largest absolute Gasteiger partial charge is 0.463 e. The zero-order valence-electron chi connectivity index (χ0n) is 18.3. The highest BCUT2D eigenvalue weighted by molar-refractivity contribution is 6.01. The molecular weight excluding hydrogens is 366 g/mol. The lowest BCUT2D eigenvalue weighted by molar-refractivity contribution is -0.117. The summed E-state index contributed by atoms with van der Waals surface area (Å²) in [6, 6.07) is 0.284. The summed E-state index contributed by atoms with van der Waals surface area (Å²) < 4.78 is 5.63. The molecule has 1 fully saturated rings. The predicted molar refractivity (Wildman–Crippen MR) is 116 cm³/mol. The molecular formula is C22H37N5O2. The molecule has 0 spiro atoms. The monoisotopic (exact) mass is 403 g/mol. The lowest BCUT2D eigenvalue weighted by Crippen LogP contribution is -2.36. The van der Waals surface area contributed by atoms with Crippen LogP contribution in [0.25, 0.3) is 0 Å². The van der Waals surface area contributed by atoms with Gasteiger partial charge in [-0.25, -0.2) is 0 Å². The molecule has 1 saturated heterocycles. The van der Waals surface area contributed by atoms with E-state index in [9.17, 15) is 4.79 Å². The van der Waals surface area contributed by atoms with Crippen molar-refractivity contribution in [2.75, 3.05) is 43.4 Å². The number of hydrogen-bond donors (Lipinski definition) is 1. The average Bonchev–Trinajstić information content (AvgIpc) is 2.99. The number of aromatic nitrogens is 2. The van der Waals surface area contributed by atoms with E-state index in [0.29, 0.717) is 31.2 Å². The van der Waals surface area contributed by atoms with E-state index in [2.05, 4.69) is 35.6 Å². The SMILES string of the molecule is CCCCOc1nc(N)c2c(n1)N(CCCC1CCN(CC(C)C)CC1)C(=O)C2. The predicted octanol–water partition coefficient (Wildman–Crippen LogP) is 3.28. The first-order valence-corrected chi connectivity index (χ1v) is 11.3. The number of ether oxygens (including phenoxy) is 1. The van der Waals surface area contributed by atoms with Crippen LogP contribution >= 0.6 is 0 Å². The van der Waals surface area contributed by atoms with Crippen molar-refractivity contribution in [2.45, 2.75) is 65.7 Å². The topological polar surface area (TPSA) is 84.6 Å². The number of amides is 1. The van der Waals surface area contributed by atoms with Crippen LogP contribution in [0.4, 0.5) is 11.6 Å². The Morgan fingerprint density at radius 3 is 2.66 bits per heavy atom. The second kappa shape index (κ2) is 10.2. The lowest BCUT2D eigenvalue weighted by atomic mass is 9.91. The molecule has 0 bridgehead atoms. The highest BCUT2D eigenvalue weighted by atomic mass is 16.5. The third kappa shape index (κ3) is 5.81. The van der Waals surface area contributed by atoms with E-state index in [4.69, 9.17) is 10.5 Å². The van der Waals surface area contributed by atoms with Gasteiger partial charge in [-0.3, -0.25) is 9.69 Å². The number of likely N-dealkylation sites (tertiary alicyclic amines) is 1. The van der Waals surface area contributed by atoms with Crippen LogP contribution in [-0.4, -0.2) is 53.6 Å². The van der Waals surface area contributed by atoms with Gasteiger partial charge < -0.3 is 15.4 Å².